The molecule has 0 spiro atoms. The first-order chi connectivity index (χ1) is 15.6. The van der Waals surface area contributed by atoms with E-state index in [9.17, 15) is 17.6 Å². The molecule has 2 aromatic carbocycles. The molecule has 0 fully saturated rings. The number of urea groups is 1. The molecule has 33 heavy (non-hydrogen) atoms. The molecular weight excluding hydrogens is 441 g/mol. The number of benzene rings is 2. The van der Waals surface area contributed by atoms with E-state index < -0.39 is 9.84 Å². The van der Waals surface area contributed by atoms with Gasteiger partial charge in [0.15, 0.2) is 9.84 Å². The standard InChI is InChI=1S/C25H30FN3O3S/c1-17-22(14-18-6-9-20(10-7-18)33(4,31)32)21-11-8-19(26)15-23(21)24(17)16-28-25(30)27-12-5-13-29(2)3/h6-11,14-15H,5,12-13,16H2,1-4H3,(H2,27,28,30)/b22-14+. The van der Waals surface area contributed by atoms with Gasteiger partial charge in [-0.25, -0.2) is 17.6 Å². The Balaban J connectivity index is 1.81. The van der Waals surface area contributed by atoms with Crippen molar-refractivity contribution < 1.29 is 17.6 Å². The topological polar surface area (TPSA) is 78.5 Å². The van der Waals surface area contributed by atoms with Crippen LogP contribution in [0.3, 0.4) is 0 Å². The van der Waals surface area contributed by atoms with E-state index in [1.54, 1.807) is 30.3 Å². The van der Waals surface area contributed by atoms with Gasteiger partial charge >= 0.3 is 6.03 Å². The number of rotatable bonds is 8. The van der Waals surface area contributed by atoms with Gasteiger partial charge in [0.05, 0.1) is 4.90 Å². The van der Waals surface area contributed by atoms with Crippen molar-refractivity contribution in [3.8, 4) is 0 Å². The normalized spacial score (nSPS) is 14.7. The maximum atomic E-state index is 14.0. The second kappa shape index (κ2) is 10.3. The van der Waals surface area contributed by atoms with Gasteiger partial charge in [-0.15, -0.1) is 0 Å². The molecule has 0 bridgehead atoms. The van der Waals surface area contributed by atoms with Crippen molar-refractivity contribution in [2.45, 2.75) is 18.2 Å². The van der Waals surface area contributed by atoms with Crippen LogP contribution in [0.4, 0.5) is 9.18 Å². The van der Waals surface area contributed by atoms with E-state index in [1.165, 1.54) is 18.4 Å². The Labute approximate surface area is 195 Å². The van der Waals surface area contributed by atoms with Crippen LogP contribution in [0.25, 0.3) is 17.2 Å². The third-order valence-electron chi connectivity index (χ3n) is 5.57. The number of hydrogen-bond donors (Lipinski definition) is 2. The molecule has 0 radical (unpaired) electrons. The average Bonchev–Trinajstić information content (AvgIpc) is 2.99. The number of allylic oxidation sites excluding steroid dienone is 2. The maximum Gasteiger partial charge on any atom is 0.315 e. The zero-order valence-corrected chi connectivity index (χ0v) is 20.2. The van der Waals surface area contributed by atoms with E-state index in [1.807, 2.05) is 27.1 Å². The third-order valence-corrected chi connectivity index (χ3v) is 6.69. The minimum absolute atomic E-state index is 0.257. The van der Waals surface area contributed by atoms with Gasteiger partial charge < -0.3 is 15.5 Å². The highest BCUT2D eigenvalue weighted by molar-refractivity contribution is 7.90. The number of nitrogens with one attached hydrogen (secondary N) is 2. The van der Waals surface area contributed by atoms with E-state index in [2.05, 4.69) is 15.5 Å². The fourth-order valence-electron chi connectivity index (χ4n) is 3.79. The summed E-state index contributed by atoms with van der Waals surface area (Å²) in [6.45, 7) is 3.67. The molecule has 2 amide bonds. The van der Waals surface area contributed by atoms with Gasteiger partial charge in [0, 0.05) is 19.3 Å². The number of hydrogen-bond acceptors (Lipinski definition) is 4. The molecule has 6 nitrogen and oxygen atoms in total. The Morgan fingerprint density at radius 1 is 1.06 bits per heavy atom. The van der Waals surface area contributed by atoms with Crippen LogP contribution in [0.15, 0.2) is 52.9 Å². The Hall–Kier alpha value is -2.97. The van der Waals surface area contributed by atoms with Crippen molar-refractivity contribution in [3.63, 3.8) is 0 Å². The number of sulfone groups is 1. The average molecular weight is 472 g/mol. The molecule has 1 aliphatic rings. The first-order valence-corrected chi connectivity index (χ1v) is 12.6. The molecular formula is C25H30FN3O3S. The van der Waals surface area contributed by atoms with E-state index >= 15 is 0 Å². The molecule has 0 heterocycles. The van der Waals surface area contributed by atoms with Crippen LogP contribution >= 0.6 is 0 Å². The highest BCUT2D eigenvalue weighted by Crippen LogP contribution is 2.42. The van der Waals surface area contributed by atoms with Gasteiger partial charge in [0.25, 0.3) is 0 Å². The lowest BCUT2D eigenvalue weighted by Crippen LogP contribution is -2.37. The largest absolute Gasteiger partial charge is 0.338 e. The fraction of sp³-hybridized carbons (Fsp3) is 0.320. The predicted molar refractivity (Wildman–Crippen MR) is 131 cm³/mol. The summed E-state index contributed by atoms with van der Waals surface area (Å²) in [5.74, 6) is -0.342. The second-order valence-electron chi connectivity index (χ2n) is 8.46. The minimum atomic E-state index is -3.27. The summed E-state index contributed by atoms with van der Waals surface area (Å²) in [5.41, 5.74) is 5.17. The van der Waals surface area contributed by atoms with Crippen molar-refractivity contribution in [3.05, 3.63) is 70.5 Å². The van der Waals surface area contributed by atoms with Crippen LogP contribution in [-0.4, -0.2) is 59.3 Å². The summed E-state index contributed by atoms with van der Waals surface area (Å²) in [6.07, 6.45) is 3.97. The van der Waals surface area contributed by atoms with Gasteiger partial charge in [-0.2, -0.15) is 0 Å². The number of halogens is 1. The third kappa shape index (κ3) is 6.30. The lowest BCUT2D eigenvalue weighted by molar-refractivity contribution is 0.241. The van der Waals surface area contributed by atoms with Crippen molar-refractivity contribution in [2.75, 3.05) is 40.0 Å². The molecule has 3 rings (SSSR count). The molecule has 1 aliphatic carbocycles. The Bertz CT molecular complexity index is 1200. The van der Waals surface area contributed by atoms with Gasteiger partial charge in [0.2, 0.25) is 0 Å². The molecule has 0 atom stereocenters. The van der Waals surface area contributed by atoms with Crippen molar-refractivity contribution in [1.82, 2.24) is 15.5 Å². The summed E-state index contributed by atoms with van der Waals surface area (Å²) < 4.78 is 37.5. The van der Waals surface area contributed by atoms with Crippen LogP contribution in [0.1, 0.15) is 30.0 Å². The molecule has 0 saturated heterocycles. The first-order valence-electron chi connectivity index (χ1n) is 10.7. The lowest BCUT2D eigenvalue weighted by Gasteiger charge is -2.12. The molecule has 2 aromatic rings. The number of carbonyl (C=O) groups excluding carboxylic acids is 1. The summed E-state index contributed by atoms with van der Waals surface area (Å²) in [5, 5.41) is 5.72. The zero-order chi connectivity index (χ0) is 24.2. The SMILES string of the molecule is CC1=C(CNC(=O)NCCCN(C)C)c2cc(F)ccc2/C1=C/c1ccc(S(C)(=O)=O)cc1. The van der Waals surface area contributed by atoms with E-state index in [0.29, 0.717) is 6.54 Å². The van der Waals surface area contributed by atoms with Crippen LogP contribution < -0.4 is 10.6 Å². The molecule has 8 heteroatoms. The first kappa shape index (κ1) is 24.7. The second-order valence-corrected chi connectivity index (χ2v) is 10.5. The van der Waals surface area contributed by atoms with Crippen LogP contribution in [0, 0.1) is 5.82 Å². The summed E-state index contributed by atoms with van der Waals surface area (Å²) in [6, 6.07) is 11.0. The van der Waals surface area contributed by atoms with Crippen LogP contribution in [0.5, 0.6) is 0 Å². The Morgan fingerprint density at radius 3 is 2.39 bits per heavy atom. The Kier molecular flexibility index (Phi) is 7.71. The van der Waals surface area contributed by atoms with Gasteiger partial charge in [0.1, 0.15) is 5.82 Å². The molecule has 0 unspecified atom stereocenters. The van der Waals surface area contributed by atoms with E-state index in [4.69, 9.17) is 0 Å². The molecule has 0 saturated carbocycles. The zero-order valence-electron chi connectivity index (χ0n) is 19.4. The Morgan fingerprint density at radius 2 is 1.76 bits per heavy atom. The van der Waals surface area contributed by atoms with Crippen LogP contribution in [-0.2, 0) is 9.84 Å². The summed E-state index contributed by atoms with van der Waals surface area (Å²) in [4.78, 5) is 14.5. The predicted octanol–water partition coefficient (Wildman–Crippen LogP) is 3.81. The van der Waals surface area contributed by atoms with E-state index in [0.717, 1.165) is 46.4 Å². The van der Waals surface area contributed by atoms with Gasteiger partial charge in [-0.1, -0.05) is 18.2 Å². The highest BCUT2D eigenvalue weighted by atomic mass is 32.2. The maximum absolute atomic E-state index is 14.0. The van der Waals surface area contributed by atoms with Crippen molar-refractivity contribution in [2.24, 2.45) is 0 Å². The van der Waals surface area contributed by atoms with Crippen LogP contribution in [0.2, 0.25) is 0 Å². The number of carbonyl (C=O) groups is 1. The lowest BCUT2D eigenvalue weighted by atomic mass is 10.0. The van der Waals surface area contributed by atoms with Gasteiger partial charge in [-0.3, -0.25) is 0 Å². The van der Waals surface area contributed by atoms with E-state index in [-0.39, 0.29) is 23.3 Å². The van der Waals surface area contributed by atoms with Crippen molar-refractivity contribution >= 4 is 33.1 Å². The fourth-order valence-corrected chi connectivity index (χ4v) is 4.42. The highest BCUT2D eigenvalue weighted by Gasteiger charge is 2.24. The molecule has 0 aliphatic heterocycles. The monoisotopic (exact) mass is 471 g/mol. The number of amides is 2. The minimum Gasteiger partial charge on any atom is -0.338 e. The summed E-state index contributed by atoms with van der Waals surface area (Å²) in [7, 11) is 0.698. The molecule has 2 N–H and O–H groups in total. The number of fused-ring (bicyclic) bond motifs is 1. The van der Waals surface area contributed by atoms with Crippen molar-refractivity contribution in [1.29, 1.82) is 0 Å². The molecule has 0 aromatic heterocycles. The number of nitrogens with zero attached hydrogens (tertiary/aromatic N) is 1. The summed E-state index contributed by atoms with van der Waals surface area (Å²) >= 11 is 0. The molecule has 176 valence electrons. The van der Waals surface area contributed by atoms with Gasteiger partial charge in [-0.05, 0) is 97.7 Å². The smallest absolute Gasteiger partial charge is 0.315 e. The quantitative estimate of drug-likeness (QED) is 0.574.